The van der Waals surface area contributed by atoms with E-state index in [4.69, 9.17) is 44.8 Å². The van der Waals surface area contributed by atoms with Gasteiger partial charge in [-0.2, -0.15) is 0 Å². The van der Waals surface area contributed by atoms with Gasteiger partial charge in [-0.25, -0.2) is 0 Å². The summed E-state index contributed by atoms with van der Waals surface area (Å²) in [7, 11) is -2.92. The van der Waals surface area contributed by atoms with Gasteiger partial charge in [-0.15, -0.1) is 0 Å². The van der Waals surface area contributed by atoms with E-state index in [1.54, 1.807) is 0 Å². The van der Waals surface area contributed by atoms with Gasteiger partial charge in [0.05, 0.1) is 0 Å². The minimum Gasteiger partial charge on any atom is -0.907 e. The fourth-order valence-electron chi connectivity index (χ4n) is 0. The Kier molecular flexibility index (Phi) is 61.0. The Morgan fingerprint density at radius 1 is 0.889 bits per heavy atom. The van der Waals surface area contributed by atoms with Crippen LogP contribution in [0.5, 0.6) is 0 Å². The molecule has 18 heavy (non-hydrogen) atoms. The molecule has 2 N–H and O–H groups in total. The van der Waals surface area contributed by atoms with Crippen LogP contribution >= 0.6 is 0 Å². The van der Waals surface area contributed by atoms with Gasteiger partial charge in [0, 0.05) is 19.8 Å². The predicted molar refractivity (Wildman–Crippen MR) is 48.8 cm³/mol. The number of hydrogen-bond donors (Lipinski definition) is 2. The fraction of sp³-hybridized carbons (Fsp3) is 0.500. The summed E-state index contributed by atoms with van der Waals surface area (Å²) in [4.78, 5) is 26.9. The maximum Gasteiger partial charge on any atom is 3.00 e. The molecule has 0 unspecified atom stereocenters. The zero-order chi connectivity index (χ0) is 14.3. The van der Waals surface area contributed by atoms with E-state index in [0.717, 1.165) is 20.8 Å². The molecule has 0 bridgehead atoms. The van der Waals surface area contributed by atoms with Crippen molar-refractivity contribution in [1.29, 1.82) is 0 Å². The number of hydrogen-bond acceptors (Lipinski definition) is 7. The number of aliphatic carboxylic acids is 3. The second-order valence-electron chi connectivity index (χ2n) is 1.82. The zero-order valence-electron chi connectivity index (χ0n) is 10.3. The number of carbonyl (C=O) groups is 3. The minimum atomic E-state index is -2.92. The van der Waals surface area contributed by atoms with Crippen molar-refractivity contribution < 1.29 is 74.3 Å². The molecule has 0 aliphatic carbocycles. The first kappa shape index (κ1) is 36.2. The number of carbonyl (C=O) groups excluding carboxylic acids is 1. The molecule has 0 amide bonds. The molecule has 0 atom stereocenters. The van der Waals surface area contributed by atoms with Crippen LogP contribution in [-0.2, 0) is 14.4 Å². The summed E-state index contributed by atoms with van der Waals surface area (Å²) in [5.74, 6) is -2.75. The molecule has 0 aromatic heterocycles. The monoisotopic (exact) mass is 470 g/mol. The van der Waals surface area contributed by atoms with E-state index in [-0.39, 0.29) is 55.8 Å². The summed E-state index contributed by atoms with van der Waals surface area (Å²) in [5.41, 5.74) is 0. The second-order valence-corrected chi connectivity index (χ2v) is 1.82. The quantitative estimate of drug-likeness (QED) is 0.325. The van der Waals surface area contributed by atoms with Gasteiger partial charge in [0.25, 0.3) is 11.9 Å². The molecular formula is C6H11BBiNaO9. The smallest absolute Gasteiger partial charge is 0.907 e. The van der Waals surface area contributed by atoms with Crippen LogP contribution in [0, 0.1) is 0 Å². The third-order valence-corrected chi connectivity index (χ3v) is 0. The molecule has 0 rings (SSSR count). The zero-order valence-corrected chi connectivity index (χ0v) is 15.8. The first-order valence-corrected chi connectivity index (χ1v) is 3.47. The topological polar surface area (TPSA) is 184 Å². The van der Waals surface area contributed by atoms with E-state index < -0.39 is 25.2 Å². The van der Waals surface area contributed by atoms with Gasteiger partial charge in [-0.3, -0.25) is 16.9 Å². The summed E-state index contributed by atoms with van der Waals surface area (Å²) < 4.78 is 0. The molecule has 0 spiro atoms. The van der Waals surface area contributed by atoms with E-state index in [2.05, 4.69) is 0 Å². The SMILES string of the molecule is CC(=O)O.CC(=O)O.CC(=O)[O-].[Bi+3].[Na+].[O-]B([O-])[O-]. The molecule has 0 heterocycles. The van der Waals surface area contributed by atoms with Gasteiger partial charge in [0.2, 0.25) is 0 Å². The van der Waals surface area contributed by atoms with Crippen LogP contribution in [-0.4, -0.2) is 61.6 Å². The largest absolute Gasteiger partial charge is 3.00 e. The number of carboxylic acid groups (broad SMARTS) is 3. The molecule has 0 fully saturated rings. The second kappa shape index (κ2) is 30.3. The van der Waals surface area contributed by atoms with Gasteiger partial charge in [-0.1, -0.05) is 0 Å². The average molecular weight is 470 g/mol. The van der Waals surface area contributed by atoms with Crippen molar-refractivity contribution in [3.8, 4) is 0 Å². The Bertz CT molecular complexity index is 158. The van der Waals surface area contributed by atoms with Crippen LogP contribution in [0.3, 0.4) is 0 Å². The molecular weight excluding hydrogens is 459 g/mol. The van der Waals surface area contributed by atoms with Gasteiger partial charge < -0.3 is 35.2 Å². The van der Waals surface area contributed by atoms with Crippen molar-refractivity contribution in [3.63, 3.8) is 0 Å². The van der Waals surface area contributed by atoms with Crippen LogP contribution < -0.4 is 49.7 Å². The molecule has 0 aliphatic heterocycles. The molecule has 9 nitrogen and oxygen atoms in total. The molecule has 2 radical (unpaired) electrons. The van der Waals surface area contributed by atoms with Crippen LogP contribution in [0.15, 0.2) is 0 Å². The minimum absolute atomic E-state index is 0. The van der Waals surface area contributed by atoms with Crippen molar-refractivity contribution in [2.24, 2.45) is 0 Å². The van der Waals surface area contributed by atoms with Gasteiger partial charge in [0.1, 0.15) is 0 Å². The van der Waals surface area contributed by atoms with Gasteiger partial charge in [-0.05, 0) is 6.92 Å². The van der Waals surface area contributed by atoms with E-state index >= 15 is 0 Å². The standard InChI is InChI=1S/3C2H4O2.BO3.Bi.Na/c3*1-2(3)4;2-1(3)4;;/h3*1H3,(H,3,4);;;/q;;;-3;+3;+1/p-1. The number of carboxylic acids is 3. The Balaban J connectivity index is -0.0000000257. The summed E-state index contributed by atoms with van der Waals surface area (Å²) in [5, 5.41) is 49.0. The molecule has 0 aromatic carbocycles. The van der Waals surface area contributed by atoms with Crippen molar-refractivity contribution in [2.45, 2.75) is 20.8 Å². The Morgan fingerprint density at radius 2 is 0.889 bits per heavy atom. The van der Waals surface area contributed by atoms with Gasteiger partial charge >= 0.3 is 55.8 Å². The van der Waals surface area contributed by atoms with Crippen LogP contribution in [0.4, 0.5) is 0 Å². The third kappa shape index (κ3) is 66500. The third-order valence-electron chi connectivity index (χ3n) is 0. The Labute approximate surface area is 145 Å². The molecule has 0 aromatic rings. The average Bonchev–Trinajstić information content (AvgIpc) is 1.76. The molecule has 0 saturated heterocycles. The van der Waals surface area contributed by atoms with E-state index in [0.29, 0.717) is 0 Å². The Morgan fingerprint density at radius 3 is 0.889 bits per heavy atom. The molecule has 0 saturated carbocycles. The number of rotatable bonds is 0. The van der Waals surface area contributed by atoms with Crippen LogP contribution in [0.1, 0.15) is 20.8 Å². The van der Waals surface area contributed by atoms with Crippen molar-refractivity contribution >= 4 is 51.4 Å². The van der Waals surface area contributed by atoms with Crippen LogP contribution in [0.25, 0.3) is 0 Å². The van der Waals surface area contributed by atoms with E-state index in [9.17, 15) is 0 Å². The van der Waals surface area contributed by atoms with Crippen molar-refractivity contribution in [3.05, 3.63) is 0 Å². The first-order valence-electron chi connectivity index (χ1n) is 3.47. The summed E-state index contributed by atoms with van der Waals surface area (Å²) in [6.07, 6.45) is 0. The van der Waals surface area contributed by atoms with Crippen LogP contribution in [0.2, 0.25) is 0 Å². The van der Waals surface area contributed by atoms with Crippen molar-refractivity contribution in [1.82, 2.24) is 0 Å². The molecule has 0 aliphatic rings. The fourth-order valence-corrected chi connectivity index (χ4v) is 0. The summed E-state index contributed by atoms with van der Waals surface area (Å²) >= 11 is 0. The van der Waals surface area contributed by atoms with E-state index in [1.807, 2.05) is 0 Å². The molecule has 98 valence electrons. The molecule has 12 heteroatoms. The maximum atomic E-state index is 9.00. The summed E-state index contributed by atoms with van der Waals surface area (Å²) in [6, 6.07) is 0. The van der Waals surface area contributed by atoms with Crippen molar-refractivity contribution in [2.75, 3.05) is 0 Å². The predicted octanol–water partition coefficient (Wildman–Crippen LogP) is -8.39. The normalized spacial score (nSPS) is 5.67. The Hall–Kier alpha value is 0.238. The summed E-state index contributed by atoms with van der Waals surface area (Å²) in [6.45, 7) is 3.14. The first-order chi connectivity index (χ1) is 6.93. The maximum absolute atomic E-state index is 9.00. The van der Waals surface area contributed by atoms with Gasteiger partial charge in [0.15, 0.2) is 0 Å². The van der Waals surface area contributed by atoms with E-state index in [1.165, 1.54) is 0 Å².